The van der Waals surface area contributed by atoms with E-state index in [2.05, 4.69) is 20.5 Å². The molecule has 0 aliphatic carbocycles. The van der Waals surface area contributed by atoms with Crippen LogP contribution in [-0.4, -0.2) is 25.2 Å². The first-order valence-corrected chi connectivity index (χ1v) is 4.22. The Hall–Kier alpha value is -1.69. The molecule has 0 unspecified atom stereocenters. The lowest BCUT2D eigenvalue weighted by molar-refractivity contribution is 0.630. The molecule has 0 saturated heterocycles. The van der Waals surface area contributed by atoms with E-state index in [9.17, 15) is 4.79 Å². The molecular weight excluding hydrogens is 206 g/mol. The predicted octanol–water partition coefficient (Wildman–Crippen LogP) is 0.0631. The molecule has 0 bridgehead atoms. The first-order chi connectivity index (χ1) is 6.75. The summed E-state index contributed by atoms with van der Waals surface area (Å²) in [7, 11) is 0. The minimum Gasteiger partial charge on any atom is -0.245 e. The summed E-state index contributed by atoms with van der Waals surface area (Å²) in [6.45, 7) is 0.333. The van der Waals surface area contributed by atoms with Crippen molar-refractivity contribution in [2.75, 3.05) is 0 Å². The second kappa shape index (κ2) is 3.59. The lowest BCUT2D eigenvalue weighted by atomic mass is 10.3. The Bertz CT molecular complexity index is 473. The Morgan fingerprint density at radius 1 is 1.50 bits per heavy atom. The number of pyridine rings is 1. The Labute approximate surface area is 83.5 Å². The zero-order valence-corrected chi connectivity index (χ0v) is 7.77. The number of nitrogens with zero attached hydrogens (tertiary/aromatic N) is 4. The fourth-order valence-electron chi connectivity index (χ4n) is 0.994. The molecule has 0 radical (unpaired) electrons. The molecule has 0 aliphatic heterocycles. The van der Waals surface area contributed by atoms with Crippen molar-refractivity contribution >= 4 is 11.6 Å². The van der Waals surface area contributed by atoms with Gasteiger partial charge in [0.2, 0.25) is 0 Å². The Morgan fingerprint density at radius 3 is 2.93 bits per heavy atom. The highest BCUT2D eigenvalue weighted by atomic mass is 35.5. The van der Waals surface area contributed by atoms with Gasteiger partial charge in [0.15, 0.2) is 0 Å². The van der Waals surface area contributed by atoms with E-state index >= 15 is 0 Å². The lowest BCUT2D eigenvalue weighted by Gasteiger charge is -1.97. The first-order valence-electron chi connectivity index (χ1n) is 3.84. The molecule has 2 aromatic heterocycles. The van der Waals surface area contributed by atoms with Crippen molar-refractivity contribution in [1.82, 2.24) is 25.2 Å². The van der Waals surface area contributed by atoms with Crippen LogP contribution in [-0.2, 0) is 6.54 Å². The van der Waals surface area contributed by atoms with Crippen molar-refractivity contribution in [3.63, 3.8) is 0 Å². The number of hydrogen-bond acceptors (Lipinski definition) is 4. The van der Waals surface area contributed by atoms with Gasteiger partial charge in [-0.05, 0) is 22.1 Å². The number of aromatic nitrogens is 5. The maximum absolute atomic E-state index is 11.0. The van der Waals surface area contributed by atoms with E-state index in [1.165, 1.54) is 4.68 Å². The molecule has 7 heteroatoms. The van der Waals surface area contributed by atoms with E-state index in [-0.39, 0.29) is 5.69 Å². The molecule has 72 valence electrons. The van der Waals surface area contributed by atoms with Crippen LogP contribution >= 0.6 is 11.6 Å². The van der Waals surface area contributed by atoms with Crippen LogP contribution in [0.5, 0.6) is 0 Å². The van der Waals surface area contributed by atoms with Crippen LogP contribution in [0, 0.1) is 0 Å². The lowest BCUT2D eigenvalue weighted by Crippen LogP contribution is -2.18. The molecule has 2 rings (SSSR count). The number of hydrogen-bond donors (Lipinski definition) is 1. The zero-order chi connectivity index (χ0) is 9.97. The largest absolute Gasteiger partial charge is 0.361 e. The summed E-state index contributed by atoms with van der Waals surface area (Å²) in [6, 6.07) is 3.43. The average molecular weight is 212 g/mol. The molecule has 2 aromatic rings. The SMILES string of the molecule is O=c1[nH]nnn1Cc1ccc(Cl)nc1. The van der Waals surface area contributed by atoms with Gasteiger partial charge in [-0.1, -0.05) is 17.7 Å². The van der Waals surface area contributed by atoms with E-state index in [1.807, 2.05) is 0 Å². The van der Waals surface area contributed by atoms with Gasteiger partial charge < -0.3 is 0 Å². The van der Waals surface area contributed by atoms with E-state index in [1.54, 1.807) is 18.3 Å². The monoisotopic (exact) mass is 211 g/mol. The fourth-order valence-corrected chi connectivity index (χ4v) is 1.11. The number of nitrogens with one attached hydrogen (secondary N) is 1. The van der Waals surface area contributed by atoms with Crippen LogP contribution in [0.2, 0.25) is 5.15 Å². The molecular formula is C7H6ClN5O. The molecule has 14 heavy (non-hydrogen) atoms. The van der Waals surface area contributed by atoms with Crippen LogP contribution in [0.3, 0.4) is 0 Å². The summed E-state index contributed by atoms with van der Waals surface area (Å²) in [5, 5.41) is 9.55. The van der Waals surface area contributed by atoms with Crippen molar-refractivity contribution < 1.29 is 0 Å². The van der Waals surface area contributed by atoms with Crippen LogP contribution in [0.15, 0.2) is 23.1 Å². The fraction of sp³-hybridized carbons (Fsp3) is 0.143. The molecule has 0 amide bonds. The smallest absolute Gasteiger partial charge is 0.245 e. The van der Waals surface area contributed by atoms with Crippen LogP contribution in [0.25, 0.3) is 0 Å². The Morgan fingerprint density at radius 2 is 2.36 bits per heavy atom. The summed E-state index contributed by atoms with van der Waals surface area (Å²) >= 11 is 5.61. The quantitative estimate of drug-likeness (QED) is 0.713. The second-order valence-electron chi connectivity index (χ2n) is 2.65. The maximum Gasteiger partial charge on any atom is 0.361 e. The normalized spacial score (nSPS) is 10.4. The van der Waals surface area contributed by atoms with Crippen LogP contribution in [0.1, 0.15) is 5.56 Å². The highest BCUT2D eigenvalue weighted by molar-refractivity contribution is 6.29. The van der Waals surface area contributed by atoms with Gasteiger partial charge in [0.05, 0.1) is 6.54 Å². The summed E-state index contributed by atoms with van der Waals surface area (Å²) in [6.07, 6.45) is 1.59. The maximum atomic E-state index is 11.0. The van der Waals surface area contributed by atoms with Gasteiger partial charge in [0.1, 0.15) is 5.15 Å². The van der Waals surface area contributed by atoms with Crippen LogP contribution in [0.4, 0.5) is 0 Å². The number of aromatic amines is 1. The molecule has 0 atom stereocenters. The van der Waals surface area contributed by atoms with Gasteiger partial charge in [-0.25, -0.2) is 14.9 Å². The number of halogens is 1. The van der Waals surface area contributed by atoms with E-state index < -0.39 is 0 Å². The van der Waals surface area contributed by atoms with Crippen molar-refractivity contribution in [1.29, 1.82) is 0 Å². The standard InChI is InChI=1S/C7H6ClN5O/c8-6-2-1-5(3-9-6)4-13-7(14)10-11-12-13/h1-3H,4H2,(H,10,12,14). The van der Waals surface area contributed by atoms with E-state index in [0.29, 0.717) is 11.7 Å². The van der Waals surface area contributed by atoms with Crippen molar-refractivity contribution in [3.05, 3.63) is 39.5 Å². The topological polar surface area (TPSA) is 76.5 Å². The van der Waals surface area contributed by atoms with Gasteiger partial charge in [-0.2, -0.15) is 4.68 Å². The summed E-state index contributed by atoms with van der Waals surface area (Å²) in [4.78, 5) is 14.9. The number of H-pyrrole nitrogens is 1. The first kappa shape index (κ1) is 8.89. The summed E-state index contributed by atoms with van der Waals surface area (Å²) in [5.74, 6) is 0. The van der Waals surface area contributed by atoms with Crippen molar-refractivity contribution in [2.45, 2.75) is 6.54 Å². The highest BCUT2D eigenvalue weighted by Gasteiger charge is 2.00. The van der Waals surface area contributed by atoms with E-state index in [4.69, 9.17) is 11.6 Å². The van der Waals surface area contributed by atoms with Crippen LogP contribution < -0.4 is 5.69 Å². The van der Waals surface area contributed by atoms with Crippen molar-refractivity contribution in [2.24, 2.45) is 0 Å². The van der Waals surface area contributed by atoms with Gasteiger partial charge in [-0.15, -0.1) is 0 Å². The molecule has 0 fully saturated rings. The van der Waals surface area contributed by atoms with Gasteiger partial charge in [0, 0.05) is 6.20 Å². The number of tetrazole rings is 1. The minimum absolute atomic E-state index is 0.333. The molecule has 0 aliphatic rings. The third-order valence-corrected chi connectivity index (χ3v) is 1.88. The predicted molar refractivity (Wildman–Crippen MR) is 49.0 cm³/mol. The van der Waals surface area contributed by atoms with E-state index in [0.717, 1.165) is 5.56 Å². The molecule has 6 nitrogen and oxygen atoms in total. The average Bonchev–Trinajstić information content (AvgIpc) is 2.56. The third kappa shape index (κ3) is 1.80. The Kier molecular flexibility index (Phi) is 2.28. The molecule has 0 saturated carbocycles. The third-order valence-electron chi connectivity index (χ3n) is 1.65. The van der Waals surface area contributed by atoms with Gasteiger partial charge in [0.25, 0.3) is 0 Å². The Balaban J connectivity index is 2.23. The highest BCUT2D eigenvalue weighted by Crippen LogP contribution is 2.05. The molecule has 1 N–H and O–H groups in total. The van der Waals surface area contributed by atoms with Gasteiger partial charge >= 0.3 is 5.69 Å². The zero-order valence-electron chi connectivity index (χ0n) is 7.01. The summed E-state index contributed by atoms with van der Waals surface area (Å²) in [5.41, 5.74) is 0.491. The summed E-state index contributed by atoms with van der Waals surface area (Å²) < 4.78 is 1.20. The van der Waals surface area contributed by atoms with Crippen molar-refractivity contribution in [3.8, 4) is 0 Å². The second-order valence-corrected chi connectivity index (χ2v) is 3.04. The molecule has 0 aromatic carbocycles. The molecule has 2 heterocycles. The van der Waals surface area contributed by atoms with Gasteiger partial charge in [-0.3, -0.25) is 0 Å². The minimum atomic E-state index is -0.347. The number of rotatable bonds is 2. The molecule has 0 spiro atoms.